The van der Waals surface area contributed by atoms with Crippen molar-refractivity contribution in [3.8, 4) is 0 Å². The number of nitrogens with one attached hydrogen (secondary N) is 1. The molecule has 106 valence electrons. The predicted molar refractivity (Wildman–Crippen MR) is 79.2 cm³/mol. The van der Waals surface area contributed by atoms with Gasteiger partial charge in [-0.3, -0.25) is 4.79 Å². The number of carbonyl (C=O) groups is 1. The van der Waals surface area contributed by atoms with Crippen LogP contribution in [0, 0.1) is 5.92 Å². The number of carbonyl (C=O) groups excluding carboxylic acids is 1. The van der Waals surface area contributed by atoms with Crippen LogP contribution in [0.1, 0.15) is 51.2 Å². The van der Waals surface area contributed by atoms with Gasteiger partial charge in [-0.15, -0.1) is 0 Å². The maximum atomic E-state index is 11.8. The fourth-order valence-corrected chi connectivity index (χ4v) is 2.12. The number of nitrogens with two attached hydrogens (primary N) is 1. The van der Waals surface area contributed by atoms with E-state index >= 15 is 0 Å². The van der Waals surface area contributed by atoms with Gasteiger partial charge >= 0.3 is 0 Å². The molecule has 0 saturated heterocycles. The second-order valence-electron chi connectivity index (χ2n) is 4.90. The molecule has 1 unspecified atom stereocenters. The Labute approximate surface area is 115 Å². The van der Waals surface area contributed by atoms with Gasteiger partial charge in [-0.2, -0.15) is 0 Å². The topological polar surface area (TPSA) is 68.0 Å². The number of hydrogen-bond donors (Lipinski definition) is 2. The normalized spacial score (nSPS) is 17.4. The predicted octanol–water partition coefficient (Wildman–Crippen LogP) is 2.69. The van der Waals surface area contributed by atoms with E-state index < -0.39 is 0 Å². The SMILES string of the molecule is CC.CC(C)c1cnc2c(c1)CC(CCN)C(=O)N2. The summed E-state index contributed by atoms with van der Waals surface area (Å²) >= 11 is 0. The summed E-state index contributed by atoms with van der Waals surface area (Å²) in [5, 5.41) is 2.86. The van der Waals surface area contributed by atoms with Crippen molar-refractivity contribution in [3.05, 3.63) is 23.4 Å². The molecule has 0 aliphatic carbocycles. The Morgan fingerprint density at radius 2 is 2.16 bits per heavy atom. The third-order valence-corrected chi connectivity index (χ3v) is 3.25. The Morgan fingerprint density at radius 3 is 2.74 bits per heavy atom. The first-order valence-corrected chi connectivity index (χ1v) is 7.11. The van der Waals surface area contributed by atoms with Crippen molar-refractivity contribution in [2.45, 2.75) is 46.5 Å². The molecule has 1 aromatic heterocycles. The minimum atomic E-state index is -0.00304. The lowest BCUT2D eigenvalue weighted by Gasteiger charge is -2.24. The zero-order chi connectivity index (χ0) is 14.4. The number of aromatic nitrogens is 1. The minimum absolute atomic E-state index is 0.00304. The summed E-state index contributed by atoms with van der Waals surface area (Å²) < 4.78 is 0. The van der Waals surface area contributed by atoms with Crippen LogP contribution < -0.4 is 11.1 Å². The number of nitrogens with zero attached hydrogens (tertiary/aromatic N) is 1. The molecule has 0 radical (unpaired) electrons. The Hall–Kier alpha value is -1.42. The fraction of sp³-hybridized carbons (Fsp3) is 0.600. The Balaban J connectivity index is 0.000000861. The Morgan fingerprint density at radius 1 is 1.47 bits per heavy atom. The van der Waals surface area contributed by atoms with Crippen molar-refractivity contribution in [1.82, 2.24) is 4.98 Å². The standard InChI is InChI=1S/C13H19N3O.C2H6/c1-8(2)11-6-10-5-9(3-4-14)13(17)16-12(10)15-7-11;1-2/h6-9H,3-5,14H2,1-2H3,(H,15,16,17);1-2H3. The van der Waals surface area contributed by atoms with Crippen LogP contribution in [0.2, 0.25) is 0 Å². The van der Waals surface area contributed by atoms with Gasteiger partial charge in [0.05, 0.1) is 0 Å². The molecule has 2 rings (SSSR count). The van der Waals surface area contributed by atoms with E-state index in [1.807, 2.05) is 20.0 Å². The van der Waals surface area contributed by atoms with Crippen molar-refractivity contribution in [3.63, 3.8) is 0 Å². The largest absolute Gasteiger partial charge is 0.330 e. The molecule has 0 spiro atoms. The first kappa shape index (κ1) is 15.6. The van der Waals surface area contributed by atoms with E-state index in [9.17, 15) is 4.79 Å². The van der Waals surface area contributed by atoms with Crippen molar-refractivity contribution >= 4 is 11.7 Å². The number of fused-ring (bicyclic) bond motifs is 1. The molecule has 2 heterocycles. The second-order valence-corrected chi connectivity index (χ2v) is 4.90. The molecule has 1 aliphatic rings. The average Bonchev–Trinajstić information content (AvgIpc) is 2.41. The number of anilines is 1. The van der Waals surface area contributed by atoms with E-state index in [-0.39, 0.29) is 11.8 Å². The van der Waals surface area contributed by atoms with Crippen molar-refractivity contribution in [1.29, 1.82) is 0 Å². The molecule has 1 atom stereocenters. The molecule has 1 aromatic rings. The van der Waals surface area contributed by atoms with Crippen molar-refractivity contribution in [2.75, 3.05) is 11.9 Å². The van der Waals surface area contributed by atoms with E-state index in [0.29, 0.717) is 18.3 Å². The van der Waals surface area contributed by atoms with Gasteiger partial charge in [0, 0.05) is 12.1 Å². The first-order chi connectivity index (χ1) is 9.11. The summed E-state index contributed by atoms with van der Waals surface area (Å²) in [6.07, 6.45) is 3.33. The van der Waals surface area contributed by atoms with Gasteiger partial charge in [0.15, 0.2) is 0 Å². The lowest BCUT2D eigenvalue weighted by Crippen LogP contribution is -2.32. The molecular formula is C15H25N3O. The minimum Gasteiger partial charge on any atom is -0.330 e. The zero-order valence-corrected chi connectivity index (χ0v) is 12.4. The summed E-state index contributed by atoms with van der Waals surface area (Å²) in [6.45, 7) is 8.83. The van der Waals surface area contributed by atoms with Crippen LogP contribution in [-0.2, 0) is 11.2 Å². The Kier molecular flexibility index (Phi) is 5.96. The highest BCUT2D eigenvalue weighted by atomic mass is 16.2. The van der Waals surface area contributed by atoms with E-state index in [0.717, 1.165) is 18.4 Å². The molecule has 0 saturated carbocycles. The number of amides is 1. The number of pyridine rings is 1. The highest BCUT2D eigenvalue weighted by Gasteiger charge is 2.26. The van der Waals surface area contributed by atoms with Gasteiger partial charge in [-0.25, -0.2) is 4.98 Å². The number of rotatable bonds is 3. The summed E-state index contributed by atoms with van der Waals surface area (Å²) in [6, 6.07) is 2.15. The third kappa shape index (κ3) is 3.77. The highest BCUT2D eigenvalue weighted by Crippen LogP contribution is 2.27. The first-order valence-electron chi connectivity index (χ1n) is 7.11. The average molecular weight is 263 g/mol. The van der Waals surface area contributed by atoms with Crippen LogP contribution in [0.4, 0.5) is 5.82 Å². The van der Waals surface area contributed by atoms with Crippen LogP contribution >= 0.6 is 0 Å². The third-order valence-electron chi connectivity index (χ3n) is 3.25. The number of hydrogen-bond acceptors (Lipinski definition) is 3. The van der Waals surface area contributed by atoms with Gasteiger partial charge in [-0.05, 0) is 36.4 Å². The van der Waals surface area contributed by atoms with Crippen LogP contribution in [0.15, 0.2) is 12.3 Å². The molecule has 0 aromatic carbocycles. The molecule has 3 N–H and O–H groups in total. The Bertz CT molecular complexity index is 429. The van der Waals surface area contributed by atoms with Crippen LogP contribution in [0.3, 0.4) is 0 Å². The van der Waals surface area contributed by atoms with E-state index in [1.165, 1.54) is 5.56 Å². The fourth-order valence-electron chi connectivity index (χ4n) is 2.12. The molecular weight excluding hydrogens is 238 g/mol. The zero-order valence-electron chi connectivity index (χ0n) is 12.4. The maximum Gasteiger partial charge on any atom is 0.229 e. The molecule has 4 heteroatoms. The van der Waals surface area contributed by atoms with E-state index in [2.05, 4.69) is 30.2 Å². The smallest absolute Gasteiger partial charge is 0.229 e. The quantitative estimate of drug-likeness (QED) is 0.881. The maximum absolute atomic E-state index is 11.8. The molecule has 1 amide bonds. The summed E-state index contributed by atoms with van der Waals surface area (Å²) in [4.78, 5) is 16.1. The monoisotopic (exact) mass is 263 g/mol. The summed E-state index contributed by atoms with van der Waals surface area (Å²) in [5.41, 5.74) is 7.87. The van der Waals surface area contributed by atoms with Crippen LogP contribution in [0.5, 0.6) is 0 Å². The van der Waals surface area contributed by atoms with Crippen molar-refractivity contribution in [2.24, 2.45) is 11.7 Å². The highest BCUT2D eigenvalue weighted by molar-refractivity contribution is 5.94. The lowest BCUT2D eigenvalue weighted by molar-refractivity contribution is -0.120. The molecule has 0 fully saturated rings. The van der Waals surface area contributed by atoms with Crippen LogP contribution in [0.25, 0.3) is 0 Å². The van der Waals surface area contributed by atoms with Gasteiger partial charge in [0.2, 0.25) is 5.91 Å². The second kappa shape index (κ2) is 7.24. The van der Waals surface area contributed by atoms with Gasteiger partial charge in [0.1, 0.15) is 5.82 Å². The molecule has 0 bridgehead atoms. The summed E-state index contributed by atoms with van der Waals surface area (Å²) in [7, 11) is 0. The van der Waals surface area contributed by atoms with Gasteiger partial charge < -0.3 is 11.1 Å². The molecule has 4 nitrogen and oxygen atoms in total. The lowest BCUT2D eigenvalue weighted by atomic mass is 9.91. The summed E-state index contributed by atoms with van der Waals surface area (Å²) in [5.74, 6) is 1.22. The van der Waals surface area contributed by atoms with Gasteiger partial charge in [0.25, 0.3) is 0 Å². The van der Waals surface area contributed by atoms with E-state index in [1.54, 1.807) is 0 Å². The van der Waals surface area contributed by atoms with Gasteiger partial charge in [-0.1, -0.05) is 33.8 Å². The van der Waals surface area contributed by atoms with Crippen molar-refractivity contribution < 1.29 is 4.79 Å². The molecule has 19 heavy (non-hydrogen) atoms. The molecule has 1 aliphatic heterocycles. The van der Waals surface area contributed by atoms with Crippen LogP contribution in [-0.4, -0.2) is 17.4 Å². The van der Waals surface area contributed by atoms with E-state index in [4.69, 9.17) is 5.73 Å².